The number of aliphatic hydroxyl groups excluding tert-OH is 1. The average Bonchev–Trinajstić information content (AvgIpc) is 2.74. The molecule has 1 aromatic carbocycles. The molecule has 1 aromatic heterocycles. The van der Waals surface area contributed by atoms with Crippen molar-refractivity contribution in [3.05, 3.63) is 35.0 Å². The number of aliphatic hydroxyl groups is 1. The number of fused-ring (bicyclic) bond motifs is 1. The van der Waals surface area contributed by atoms with Crippen LogP contribution in [0.25, 0.3) is 10.9 Å². The number of carbonyl (C=O) groups excluding carboxylic acids is 1. The molecule has 0 radical (unpaired) electrons. The summed E-state index contributed by atoms with van der Waals surface area (Å²) in [5.41, 5.74) is 3.67. The van der Waals surface area contributed by atoms with Gasteiger partial charge in [0.15, 0.2) is 0 Å². The number of amides is 1. The van der Waals surface area contributed by atoms with Gasteiger partial charge < -0.3 is 15.4 Å². The van der Waals surface area contributed by atoms with Crippen molar-refractivity contribution >= 4 is 16.8 Å². The van der Waals surface area contributed by atoms with Crippen molar-refractivity contribution in [2.75, 3.05) is 6.61 Å². The van der Waals surface area contributed by atoms with Crippen molar-refractivity contribution in [1.82, 2.24) is 10.3 Å². The van der Waals surface area contributed by atoms with Gasteiger partial charge in [0.25, 0.3) is 5.91 Å². The summed E-state index contributed by atoms with van der Waals surface area (Å²) < 4.78 is 0. The Balaban J connectivity index is 2.25. The van der Waals surface area contributed by atoms with Crippen LogP contribution in [-0.2, 0) is 0 Å². The summed E-state index contributed by atoms with van der Waals surface area (Å²) in [6, 6.07) is 5.89. The predicted molar refractivity (Wildman–Crippen MR) is 85.6 cm³/mol. The minimum absolute atomic E-state index is 0.0394. The van der Waals surface area contributed by atoms with Gasteiger partial charge in [0, 0.05) is 10.9 Å². The zero-order valence-electron chi connectivity index (χ0n) is 13.2. The number of aromatic nitrogens is 1. The van der Waals surface area contributed by atoms with Gasteiger partial charge in [-0.05, 0) is 43.9 Å². The number of hydrogen-bond donors (Lipinski definition) is 3. The molecule has 0 aliphatic carbocycles. The summed E-state index contributed by atoms with van der Waals surface area (Å²) in [6.45, 7) is 8.10. The second-order valence-corrected chi connectivity index (χ2v) is 6.16. The molecule has 2 rings (SSSR count). The van der Waals surface area contributed by atoms with Crippen LogP contribution >= 0.6 is 0 Å². The highest BCUT2D eigenvalue weighted by atomic mass is 16.3. The van der Waals surface area contributed by atoms with Crippen LogP contribution in [0.4, 0.5) is 0 Å². The van der Waals surface area contributed by atoms with E-state index in [-0.39, 0.29) is 18.6 Å². The molecule has 0 aliphatic heterocycles. The summed E-state index contributed by atoms with van der Waals surface area (Å²) in [5.74, 6) is 0.273. The minimum atomic E-state index is -0.204. The van der Waals surface area contributed by atoms with E-state index in [4.69, 9.17) is 0 Å². The Morgan fingerprint density at radius 1 is 1.33 bits per heavy atom. The molecule has 114 valence electrons. The molecule has 0 saturated carbocycles. The second kappa shape index (κ2) is 6.31. The molecule has 1 amide bonds. The van der Waals surface area contributed by atoms with E-state index in [1.165, 1.54) is 5.56 Å². The molecule has 1 heterocycles. The molecule has 1 atom stereocenters. The minimum Gasteiger partial charge on any atom is -0.394 e. The van der Waals surface area contributed by atoms with Crippen LogP contribution in [0, 0.1) is 19.8 Å². The smallest absolute Gasteiger partial charge is 0.268 e. The van der Waals surface area contributed by atoms with E-state index < -0.39 is 0 Å². The number of H-pyrrole nitrogens is 1. The topological polar surface area (TPSA) is 65.1 Å². The Kier molecular flexibility index (Phi) is 4.68. The van der Waals surface area contributed by atoms with Gasteiger partial charge in [0.05, 0.1) is 12.6 Å². The molecular weight excluding hydrogens is 264 g/mol. The van der Waals surface area contributed by atoms with Gasteiger partial charge in [-0.15, -0.1) is 0 Å². The lowest BCUT2D eigenvalue weighted by atomic mass is 10.0. The Morgan fingerprint density at radius 3 is 2.67 bits per heavy atom. The first-order valence-electron chi connectivity index (χ1n) is 7.43. The highest BCUT2D eigenvalue weighted by Gasteiger charge is 2.18. The van der Waals surface area contributed by atoms with E-state index >= 15 is 0 Å². The monoisotopic (exact) mass is 288 g/mol. The zero-order chi connectivity index (χ0) is 15.6. The maximum Gasteiger partial charge on any atom is 0.268 e. The quantitative estimate of drug-likeness (QED) is 0.792. The first-order valence-corrected chi connectivity index (χ1v) is 7.43. The maximum atomic E-state index is 12.4. The fraction of sp³-hybridized carbons (Fsp3) is 0.471. The van der Waals surface area contributed by atoms with Crippen molar-refractivity contribution in [2.45, 2.75) is 40.2 Å². The molecule has 1 unspecified atom stereocenters. The lowest BCUT2D eigenvalue weighted by molar-refractivity contribution is 0.0903. The van der Waals surface area contributed by atoms with E-state index in [0.717, 1.165) is 22.9 Å². The normalized spacial score (nSPS) is 12.9. The Hall–Kier alpha value is -1.81. The highest BCUT2D eigenvalue weighted by Crippen LogP contribution is 2.23. The van der Waals surface area contributed by atoms with Gasteiger partial charge in [0.1, 0.15) is 5.69 Å². The van der Waals surface area contributed by atoms with Gasteiger partial charge in [0.2, 0.25) is 0 Å². The molecule has 0 saturated heterocycles. The fourth-order valence-electron chi connectivity index (χ4n) is 2.67. The summed E-state index contributed by atoms with van der Waals surface area (Å²) in [6.07, 6.45) is 0.765. The van der Waals surface area contributed by atoms with Crippen LogP contribution in [0.5, 0.6) is 0 Å². The third-order valence-corrected chi connectivity index (χ3v) is 3.75. The number of hydrogen-bond acceptors (Lipinski definition) is 2. The maximum absolute atomic E-state index is 12.4. The van der Waals surface area contributed by atoms with Crippen molar-refractivity contribution in [1.29, 1.82) is 0 Å². The van der Waals surface area contributed by atoms with Gasteiger partial charge in [-0.3, -0.25) is 4.79 Å². The number of carbonyl (C=O) groups is 1. The van der Waals surface area contributed by atoms with Gasteiger partial charge in [-0.2, -0.15) is 0 Å². The summed E-state index contributed by atoms with van der Waals surface area (Å²) in [5, 5.41) is 13.4. The van der Waals surface area contributed by atoms with E-state index in [1.54, 1.807) is 0 Å². The van der Waals surface area contributed by atoms with Gasteiger partial charge >= 0.3 is 0 Å². The molecule has 4 heteroatoms. The molecule has 0 bridgehead atoms. The molecule has 2 aromatic rings. The molecule has 0 spiro atoms. The van der Waals surface area contributed by atoms with Crippen molar-refractivity contribution in [3.8, 4) is 0 Å². The average molecular weight is 288 g/mol. The van der Waals surface area contributed by atoms with E-state index in [1.807, 2.05) is 26.0 Å². The third kappa shape index (κ3) is 3.45. The second-order valence-electron chi connectivity index (χ2n) is 6.16. The van der Waals surface area contributed by atoms with Crippen molar-refractivity contribution in [3.63, 3.8) is 0 Å². The van der Waals surface area contributed by atoms with Crippen molar-refractivity contribution in [2.24, 2.45) is 5.92 Å². The number of benzene rings is 1. The number of aromatic amines is 1. The fourth-order valence-corrected chi connectivity index (χ4v) is 2.67. The first kappa shape index (κ1) is 15.6. The van der Waals surface area contributed by atoms with Gasteiger partial charge in [-0.1, -0.05) is 25.5 Å². The van der Waals surface area contributed by atoms with Crippen LogP contribution < -0.4 is 5.32 Å². The first-order chi connectivity index (χ1) is 9.92. The highest BCUT2D eigenvalue weighted by molar-refractivity contribution is 6.01. The number of nitrogens with one attached hydrogen (secondary N) is 2. The predicted octanol–water partition coefficient (Wildman–Crippen LogP) is 2.92. The third-order valence-electron chi connectivity index (χ3n) is 3.75. The largest absolute Gasteiger partial charge is 0.394 e. The molecule has 0 fully saturated rings. The van der Waals surface area contributed by atoms with E-state index in [0.29, 0.717) is 11.6 Å². The van der Waals surface area contributed by atoms with Gasteiger partial charge in [-0.25, -0.2) is 0 Å². The molecule has 4 nitrogen and oxygen atoms in total. The Morgan fingerprint density at radius 2 is 2.05 bits per heavy atom. The van der Waals surface area contributed by atoms with Crippen molar-refractivity contribution < 1.29 is 9.90 Å². The lowest BCUT2D eigenvalue weighted by Crippen LogP contribution is -2.38. The van der Waals surface area contributed by atoms with Crippen LogP contribution in [-0.4, -0.2) is 28.6 Å². The molecule has 21 heavy (non-hydrogen) atoms. The number of aryl methyl sites for hydroxylation is 2. The Bertz CT molecular complexity index is 644. The van der Waals surface area contributed by atoms with Crippen LogP contribution in [0.2, 0.25) is 0 Å². The lowest BCUT2D eigenvalue weighted by Gasteiger charge is -2.18. The molecular formula is C17H24N2O2. The SMILES string of the molecule is Cc1ccc2[nH]c(C(=O)NC(CO)CC(C)C)c(C)c2c1. The van der Waals surface area contributed by atoms with Crippen LogP contribution in [0.15, 0.2) is 18.2 Å². The molecule has 3 N–H and O–H groups in total. The van der Waals surface area contributed by atoms with Crippen LogP contribution in [0.3, 0.4) is 0 Å². The summed E-state index contributed by atoms with van der Waals surface area (Å²) in [4.78, 5) is 15.6. The van der Waals surface area contributed by atoms with Crippen LogP contribution in [0.1, 0.15) is 41.9 Å². The number of rotatable bonds is 5. The Labute approximate surface area is 125 Å². The standard InChI is InChI=1S/C17H24N2O2/c1-10(2)7-13(9-20)18-17(21)16-12(4)14-8-11(3)5-6-15(14)19-16/h5-6,8,10,13,19-20H,7,9H2,1-4H3,(H,18,21). The molecule has 0 aliphatic rings. The van der Waals surface area contributed by atoms with E-state index in [9.17, 15) is 9.90 Å². The van der Waals surface area contributed by atoms with E-state index in [2.05, 4.69) is 30.2 Å². The zero-order valence-corrected chi connectivity index (χ0v) is 13.2. The summed E-state index contributed by atoms with van der Waals surface area (Å²) in [7, 11) is 0. The summed E-state index contributed by atoms with van der Waals surface area (Å²) >= 11 is 0.